The standard InChI is InChI=1S/C20H22N4O5/c25-9-7-21-5-6-22-11-1-2-12-16-15(11)20(29)18-14(28)4-3-13(27)17(18)19(16)23-24(12)8-10-26/h1-4,21-22,25-28H,5-10H2. The molecule has 1 aromatic heterocycles. The third kappa shape index (κ3) is 3.09. The predicted octanol–water partition coefficient (Wildman–Crippen LogP) is 0.645. The van der Waals surface area contributed by atoms with E-state index in [4.69, 9.17) is 5.11 Å². The molecule has 3 aromatic rings. The van der Waals surface area contributed by atoms with Crippen LogP contribution in [0.25, 0.3) is 22.2 Å². The number of aliphatic hydroxyl groups excluding tert-OH is 2. The Hall–Kier alpha value is -3.14. The summed E-state index contributed by atoms with van der Waals surface area (Å²) in [7, 11) is 0. The SMILES string of the molecule is O=C1c2c(O)ccc(O)c2-c2nn(CCO)c3ccc(NCCNCCO)c1c23. The minimum absolute atomic E-state index is 0.0145. The van der Waals surface area contributed by atoms with Crippen molar-refractivity contribution in [2.45, 2.75) is 6.54 Å². The lowest BCUT2D eigenvalue weighted by atomic mass is 9.85. The van der Waals surface area contributed by atoms with E-state index < -0.39 is 5.78 Å². The molecule has 0 radical (unpaired) electrons. The number of phenolic OH excluding ortho intramolecular Hbond substituents is 2. The lowest BCUT2D eigenvalue weighted by molar-refractivity contribution is 0.103. The molecule has 0 atom stereocenters. The van der Waals surface area contributed by atoms with Crippen molar-refractivity contribution >= 4 is 22.4 Å². The molecule has 6 N–H and O–H groups in total. The van der Waals surface area contributed by atoms with Crippen molar-refractivity contribution in [2.24, 2.45) is 0 Å². The van der Waals surface area contributed by atoms with E-state index in [0.717, 1.165) is 0 Å². The average molecular weight is 398 g/mol. The number of carbonyl (C=O) groups is 1. The van der Waals surface area contributed by atoms with Gasteiger partial charge in [0.1, 0.15) is 17.2 Å². The molecule has 0 bridgehead atoms. The van der Waals surface area contributed by atoms with Crippen LogP contribution >= 0.6 is 0 Å². The minimum atomic E-state index is -0.402. The van der Waals surface area contributed by atoms with Crippen molar-refractivity contribution in [1.29, 1.82) is 0 Å². The molecule has 0 spiro atoms. The van der Waals surface area contributed by atoms with E-state index in [1.54, 1.807) is 10.7 Å². The van der Waals surface area contributed by atoms with Gasteiger partial charge in [-0.2, -0.15) is 5.10 Å². The molecule has 4 rings (SSSR count). The van der Waals surface area contributed by atoms with Gasteiger partial charge in [-0.1, -0.05) is 0 Å². The lowest BCUT2D eigenvalue weighted by Gasteiger charge is -2.20. The van der Waals surface area contributed by atoms with Gasteiger partial charge in [-0.05, 0) is 24.3 Å². The molecule has 1 aliphatic rings. The molecule has 9 heteroatoms. The fraction of sp³-hybridized carbons (Fsp3) is 0.300. The Morgan fingerprint density at radius 1 is 0.897 bits per heavy atom. The summed E-state index contributed by atoms with van der Waals surface area (Å²) in [6.45, 7) is 1.73. The molecule has 2 aromatic carbocycles. The number of phenols is 2. The first-order valence-electron chi connectivity index (χ1n) is 9.38. The molecule has 29 heavy (non-hydrogen) atoms. The highest BCUT2D eigenvalue weighted by Gasteiger charge is 2.35. The van der Waals surface area contributed by atoms with Crippen molar-refractivity contribution in [3.05, 3.63) is 35.4 Å². The number of hydrogen-bond acceptors (Lipinski definition) is 8. The van der Waals surface area contributed by atoms with Crippen LogP contribution in [0.1, 0.15) is 15.9 Å². The van der Waals surface area contributed by atoms with E-state index in [1.165, 1.54) is 12.1 Å². The zero-order chi connectivity index (χ0) is 20.5. The number of nitrogens with zero attached hydrogens (tertiary/aromatic N) is 2. The molecule has 0 fully saturated rings. The number of hydrogen-bond donors (Lipinski definition) is 6. The molecule has 0 amide bonds. The van der Waals surface area contributed by atoms with Gasteiger partial charge in [0.15, 0.2) is 5.78 Å². The van der Waals surface area contributed by atoms with Gasteiger partial charge in [0.2, 0.25) is 0 Å². The van der Waals surface area contributed by atoms with Crippen LogP contribution in [-0.2, 0) is 6.54 Å². The minimum Gasteiger partial charge on any atom is -0.507 e. The lowest BCUT2D eigenvalue weighted by Crippen LogP contribution is -2.25. The highest BCUT2D eigenvalue weighted by molar-refractivity contribution is 6.29. The van der Waals surface area contributed by atoms with E-state index in [0.29, 0.717) is 47.5 Å². The fourth-order valence-electron chi connectivity index (χ4n) is 3.76. The third-order valence-corrected chi connectivity index (χ3v) is 4.99. The van der Waals surface area contributed by atoms with Gasteiger partial charge >= 0.3 is 0 Å². The van der Waals surface area contributed by atoms with Crippen LogP contribution in [0, 0.1) is 0 Å². The largest absolute Gasteiger partial charge is 0.507 e. The molecule has 0 saturated carbocycles. The first kappa shape index (κ1) is 19.2. The van der Waals surface area contributed by atoms with E-state index >= 15 is 0 Å². The van der Waals surface area contributed by atoms with Gasteiger partial charge in [0.05, 0.1) is 42.0 Å². The number of aromatic hydroxyl groups is 2. The van der Waals surface area contributed by atoms with Gasteiger partial charge in [0, 0.05) is 30.7 Å². The summed E-state index contributed by atoms with van der Waals surface area (Å²) in [4.78, 5) is 13.3. The number of ketones is 1. The van der Waals surface area contributed by atoms with Crippen molar-refractivity contribution in [3.8, 4) is 22.8 Å². The van der Waals surface area contributed by atoms with Crippen LogP contribution in [0.3, 0.4) is 0 Å². The number of rotatable bonds is 8. The quantitative estimate of drug-likeness (QED) is 0.188. The Bertz CT molecular complexity index is 1090. The molecule has 0 saturated heterocycles. The first-order valence-corrected chi connectivity index (χ1v) is 9.38. The Kier molecular flexibility index (Phi) is 5.10. The molecule has 0 unspecified atom stereocenters. The maximum Gasteiger partial charge on any atom is 0.200 e. The summed E-state index contributed by atoms with van der Waals surface area (Å²) in [5.41, 5.74) is 2.23. The van der Waals surface area contributed by atoms with Gasteiger partial charge < -0.3 is 31.1 Å². The highest BCUT2D eigenvalue weighted by atomic mass is 16.3. The molecule has 9 nitrogen and oxygen atoms in total. The first-order chi connectivity index (χ1) is 14.1. The Morgan fingerprint density at radius 2 is 1.66 bits per heavy atom. The smallest absolute Gasteiger partial charge is 0.200 e. The maximum absolute atomic E-state index is 13.3. The zero-order valence-corrected chi connectivity index (χ0v) is 15.6. The monoisotopic (exact) mass is 398 g/mol. The van der Waals surface area contributed by atoms with Crippen LogP contribution in [0.5, 0.6) is 11.5 Å². The van der Waals surface area contributed by atoms with Crippen LogP contribution in [0.2, 0.25) is 0 Å². The van der Waals surface area contributed by atoms with Crippen molar-refractivity contribution < 1.29 is 25.2 Å². The van der Waals surface area contributed by atoms with Gasteiger partial charge in [0.25, 0.3) is 0 Å². The predicted molar refractivity (Wildman–Crippen MR) is 107 cm³/mol. The second-order valence-corrected chi connectivity index (χ2v) is 6.76. The summed E-state index contributed by atoms with van der Waals surface area (Å²) in [5.74, 6) is -0.766. The Labute approximate surface area is 166 Å². The number of aromatic nitrogens is 2. The summed E-state index contributed by atoms with van der Waals surface area (Å²) < 4.78 is 1.59. The number of aliphatic hydroxyl groups is 2. The highest BCUT2D eigenvalue weighted by Crippen LogP contribution is 2.47. The Balaban J connectivity index is 1.88. The van der Waals surface area contributed by atoms with Crippen LogP contribution in [0.15, 0.2) is 24.3 Å². The number of benzene rings is 2. The maximum atomic E-state index is 13.3. The van der Waals surface area contributed by atoms with Gasteiger partial charge in [-0.25, -0.2) is 0 Å². The molecule has 1 heterocycles. The molecular weight excluding hydrogens is 376 g/mol. The van der Waals surface area contributed by atoms with E-state index in [-0.39, 0.29) is 42.4 Å². The van der Waals surface area contributed by atoms with Crippen molar-refractivity contribution in [1.82, 2.24) is 15.1 Å². The number of carbonyl (C=O) groups excluding carboxylic acids is 1. The summed E-state index contributed by atoms with van der Waals surface area (Å²) in [6.07, 6.45) is 0. The normalized spacial score (nSPS) is 12.4. The fourth-order valence-corrected chi connectivity index (χ4v) is 3.76. The molecular formula is C20H22N4O5. The van der Waals surface area contributed by atoms with Gasteiger partial charge in [-0.15, -0.1) is 0 Å². The number of nitrogens with one attached hydrogen (secondary N) is 2. The number of fused-ring (bicyclic) bond motifs is 2. The van der Waals surface area contributed by atoms with Crippen LogP contribution < -0.4 is 10.6 Å². The summed E-state index contributed by atoms with van der Waals surface area (Å²) >= 11 is 0. The van der Waals surface area contributed by atoms with E-state index in [1.807, 2.05) is 6.07 Å². The van der Waals surface area contributed by atoms with Crippen LogP contribution in [0.4, 0.5) is 5.69 Å². The second-order valence-electron chi connectivity index (χ2n) is 6.76. The summed E-state index contributed by atoms with van der Waals surface area (Å²) in [6, 6.07) is 6.20. The summed E-state index contributed by atoms with van der Waals surface area (Å²) in [5, 5.41) is 50.3. The topological polar surface area (TPSA) is 140 Å². The Morgan fingerprint density at radius 3 is 2.38 bits per heavy atom. The van der Waals surface area contributed by atoms with Crippen molar-refractivity contribution in [3.63, 3.8) is 0 Å². The van der Waals surface area contributed by atoms with Crippen molar-refractivity contribution in [2.75, 3.05) is 38.2 Å². The van der Waals surface area contributed by atoms with E-state index in [2.05, 4.69) is 15.7 Å². The second kappa shape index (κ2) is 7.70. The molecule has 0 aliphatic heterocycles. The van der Waals surface area contributed by atoms with Crippen LogP contribution in [-0.4, -0.2) is 68.8 Å². The average Bonchev–Trinajstić information content (AvgIpc) is 3.07. The van der Waals surface area contributed by atoms with Gasteiger partial charge in [-0.3, -0.25) is 9.48 Å². The number of anilines is 1. The van der Waals surface area contributed by atoms with E-state index in [9.17, 15) is 20.1 Å². The zero-order valence-electron chi connectivity index (χ0n) is 15.6. The molecule has 1 aliphatic carbocycles. The molecule has 152 valence electrons. The third-order valence-electron chi connectivity index (χ3n) is 4.99.